The van der Waals surface area contributed by atoms with Crippen molar-refractivity contribution in [2.75, 3.05) is 0 Å². The van der Waals surface area contributed by atoms with E-state index in [0.717, 1.165) is 5.56 Å². The molecule has 0 aliphatic rings. The Morgan fingerprint density at radius 2 is 1.95 bits per heavy atom. The minimum atomic E-state index is -1.14. The first-order chi connectivity index (χ1) is 8.81. The van der Waals surface area contributed by atoms with Crippen LogP contribution in [0, 0.1) is 0 Å². The first kappa shape index (κ1) is 14.9. The van der Waals surface area contributed by atoms with E-state index in [1.807, 2.05) is 20.8 Å². The molecule has 1 atom stereocenters. The van der Waals surface area contributed by atoms with Crippen molar-refractivity contribution in [3.05, 3.63) is 29.8 Å². The molecule has 0 aliphatic carbocycles. The average Bonchev–Trinajstić information content (AvgIpc) is 2.29. The molecule has 0 heterocycles. The van der Waals surface area contributed by atoms with Crippen LogP contribution in [0.4, 0.5) is 0 Å². The molecule has 1 aromatic carbocycles. The summed E-state index contributed by atoms with van der Waals surface area (Å²) in [5, 5.41) is 8.88. The molecule has 102 valence electrons. The van der Waals surface area contributed by atoms with E-state index in [1.165, 1.54) is 6.08 Å². The first-order valence-corrected chi connectivity index (χ1v) is 5.89. The Bertz CT molecular complexity index is 479. The number of aliphatic imine (C=N–C) groups is 1. The Morgan fingerprint density at radius 3 is 2.37 bits per heavy atom. The van der Waals surface area contributed by atoms with Gasteiger partial charge in [-0.25, -0.2) is 9.59 Å². The lowest BCUT2D eigenvalue weighted by molar-refractivity contribution is -0.138. The number of rotatable bonds is 5. The normalized spacial score (nSPS) is 12.4. The monoisotopic (exact) mass is 263 g/mol. The molecule has 0 saturated heterocycles. The van der Waals surface area contributed by atoms with Crippen molar-refractivity contribution in [3.63, 3.8) is 0 Å². The van der Waals surface area contributed by atoms with Gasteiger partial charge in [-0.1, -0.05) is 12.1 Å². The van der Waals surface area contributed by atoms with Crippen LogP contribution in [0.5, 0.6) is 5.75 Å². The van der Waals surface area contributed by atoms with Crippen molar-refractivity contribution in [2.45, 2.75) is 38.8 Å². The van der Waals surface area contributed by atoms with E-state index in [2.05, 4.69) is 4.99 Å². The summed E-state index contributed by atoms with van der Waals surface area (Å²) in [6, 6.07) is 5.97. The van der Waals surface area contributed by atoms with Gasteiger partial charge in [-0.2, -0.15) is 4.99 Å². The molecule has 1 N–H and O–H groups in total. The largest absolute Gasteiger partial charge is 0.488 e. The number of carboxylic acids is 1. The number of carboxylic acid groups (broad SMARTS) is 1. The zero-order valence-electron chi connectivity index (χ0n) is 11.2. The second-order valence-electron chi connectivity index (χ2n) is 5.14. The number of benzene rings is 1. The summed E-state index contributed by atoms with van der Waals surface area (Å²) >= 11 is 0. The predicted octanol–water partition coefficient (Wildman–Crippen LogP) is 2.20. The van der Waals surface area contributed by atoms with Gasteiger partial charge in [0, 0.05) is 6.42 Å². The third-order valence-electron chi connectivity index (χ3n) is 2.27. The smallest absolute Gasteiger partial charge is 0.329 e. The minimum absolute atomic E-state index is 0.153. The highest BCUT2D eigenvalue weighted by molar-refractivity contribution is 5.75. The van der Waals surface area contributed by atoms with Gasteiger partial charge in [-0.05, 0) is 38.5 Å². The maximum atomic E-state index is 10.9. The van der Waals surface area contributed by atoms with Crippen LogP contribution >= 0.6 is 0 Å². The molecule has 0 amide bonds. The fourth-order valence-electron chi connectivity index (χ4n) is 1.52. The average molecular weight is 263 g/mol. The van der Waals surface area contributed by atoms with Crippen LogP contribution in [0.2, 0.25) is 0 Å². The zero-order chi connectivity index (χ0) is 14.5. The predicted molar refractivity (Wildman–Crippen MR) is 70.1 cm³/mol. The van der Waals surface area contributed by atoms with Crippen molar-refractivity contribution in [3.8, 4) is 5.75 Å². The minimum Gasteiger partial charge on any atom is -0.488 e. The van der Waals surface area contributed by atoms with Gasteiger partial charge in [0.1, 0.15) is 11.4 Å². The van der Waals surface area contributed by atoms with Crippen LogP contribution in [0.15, 0.2) is 29.3 Å². The van der Waals surface area contributed by atoms with Gasteiger partial charge in [-0.15, -0.1) is 0 Å². The van der Waals surface area contributed by atoms with Crippen LogP contribution in [0.25, 0.3) is 0 Å². The molecule has 0 aromatic heterocycles. The second-order valence-corrected chi connectivity index (χ2v) is 5.14. The van der Waals surface area contributed by atoms with Gasteiger partial charge in [0.05, 0.1) is 0 Å². The number of carbonyl (C=O) groups is 1. The van der Waals surface area contributed by atoms with E-state index >= 15 is 0 Å². The Balaban J connectivity index is 2.76. The van der Waals surface area contributed by atoms with Gasteiger partial charge in [0.2, 0.25) is 6.08 Å². The molecule has 1 rings (SSSR count). The Labute approximate surface area is 111 Å². The molecule has 0 unspecified atom stereocenters. The summed E-state index contributed by atoms with van der Waals surface area (Å²) in [6.45, 7) is 5.83. The highest BCUT2D eigenvalue weighted by Gasteiger charge is 2.17. The van der Waals surface area contributed by atoms with Gasteiger partial charge >= 0.3 is 5.97 Å². The SMILES string of the molecule is CC(C)(C)Oc1ccc(C[C@H](N=C=O)C(=O)O)cc1. The lowest BCUT2D eigenvalue weighted by atomic mass is 10.1. The molecule has 0 fully saturated rings. The van der Waals surface area contributed by atoms with Crippen LogP contribution in [-0.2, 0) is 16.0 Å². The summed E-state index contributed by atoms with van der Waals surface area (Å²) < 4.78 is 5.65. The van der Waals surface area contributed by atoms with Gasteiger partial charge < -0.3 is 9.84 Å². The molecule has 5 nitrogen and oxygen atoms in total. The molecular formula is C14H17NO4. The second kappa shape index (κ2) is 6.16. The summed E-state index contributed by atoms with van der Waals surface area (Å²) in [4.78, 5) is 24.3. The lowest BCUT2D eigenvalue weighted by Gasteiger charge is -2.21. The molecule has 0 radical (unpaired) electrons. The van der Waals surface area contributed by atoms with E-state index in [1.54, 1.807) is 24.3 Å². The third kappa shape index (κ3) is 5.36. The van der Waals surface area contributed by atoms with Crippen LogP contribution in [-0.4, -0.2) is 28.8 Å². The summed E-state index contributed by atoms with van der Waals surface area (Å²) in [5.41, 5.74) is 0.486. The van der Waals surface area contributed by atoms with Crippen molar-refractivity contribution in [1.29, 1.82) is 0 Å². The Morgan fingerprint density at radius 1 is 1.37 bits per heavy atom. The quantitative estimate of drug-likeness (QED) is 0.652. The number of ether oxygens (including phenoxy) is 1. The fraction of sp³-hybridized carbons (Fsp3) is 0.429. The fourth-order valence-corrected chi connectivity index (χ4v) is 1.52. The Kier molecular flexibility index (Phi) is 4.84. The first-order valence-electron chi connectivity index (χ1n) is 5.89. The highest BCUT2D eigenvalue weighted by atomic mass is 16.5. The number of carbonyl (C=O) groups excluding carboxylic acids is 1. The maximum Gasteiger partial charge on any atom is 0.329 e. The Hall–Kier alpha value is -2.13. The highest BCUT2D eigenvalue weighted by Crippen LogP contribution is 2.19. The number of isocyanates is 1. The molecular weight excluding hydrogens is 246 g/mol. The number of hydrogen-bond acceptors (Lipinski definition) is 4. The number of hydrogen-bond donors (Lipinski definition) is 1. The molecule has 19 heavy (non-hydrogen) atoms. The van der Waals surface area contributed by atoms with Crippen molar-refractivity contribution in [1.82, 2.24) is 0 Å². The number of aliphatic carboxylic acids is 1. The molecule has 0 spiro atoms. The maximum absolute atomic E-state index is 10.9. The van der Waals surface area contributed by atoms with E-state index in [4.69, 9.17) is 9.84 Å². The van der Waals surface area contributed by atoms with Gasteiger partial charge in [0.25, 0.3) is 0 Å². The molecule has 5 heteroatoms. The van der Waals surface area contributed by atoms with Crippen LogP contribution in [0.1, 0.15) is 26.3 Å². The summed E-state index contributed by atoms with van der Waals surface area (Å²) in [7, 11) is 0. The van der Waals surface area contributed by atoms with Crippen molar-refractivity contribution < 1.29 is 19.4 Å². The van der Waals surface area contributed by atoms with Crippen molar-refractivity contribution in [2.24, 2.45) is 4.99 Å². The summed E-state index contributed by atoms with van der Waals surface area (Å²) in [6.07, 6.45) is 1.43. The standard InChI is InChI=1S/C14H17NO4/c1-14(2,3)19-11-6-4-10(5-7-11)8-12(13(17)18)15-9-16/h4-7,12H,8H2,1-3H3,(H,17,18)/t12-/m0/s1. The molecule has 1 aromatic rings. The molecule has 0 bridgehead atoms. The van der Waals surface area contributed by atoms with Gasteiger partial charge in [0.15, 0.2) is 6.04 Å². The third-order valence-corrected chi connectivity index (χ3v) is 2.27. The topological polar surface area (TPSA) is 76.0 Å². The summed E-state index contributed by atoms with van der Waals surface area (Å²) in [5.74, 6) is -0.430. The lowest BCUT2D eigenvalue weighted by Crippen LogP contribution is -2.23. The van der Waals surface area contributed by atoms with E-state index in [-0.39, 0.29) is 12.0 Å². The van der Waals surface area contributed by atoms with E-state index in [0.29, 0.717) is 5.75 Å². The van der Waals surface area contributed by atoms with Crippen molar-refractivity contribution >= 4 is 12.0 Å². The van der Waals surface area contributed by atoms with E-state index in [9.17, 15) is 9.59 Å². The molecule has 0 saturated carbocycles. The zero-order valence-corrected chi connectivity index (χ0v) is 11.2. The molecule has 0 aliphatic heterocycles. The van der Waals surface area contributed by atoms with Gasteiger partial charge in [-0.3, -0.25) is 0 Å². The van der Waals surface area contributed by atoms with E-state index < -0.39 is 12.0 Å². The van der Waals surface area contributed by atoms with Crippen LogP contribution < -0.4 is 4.74 Å². The number of nitrogens with zero attached hydrogens (tertiary/aromatic N) is 1. The van der Waals surface area contributed by atoms with Crippen LogP contribution in [0.3, 0.4) is 0 Å².